The Labute approximate surface area is 189 Å². The maximum atomic E-state index is 11.8. The quantitative estimate of drug-likeness (QED) is 0.322. The molecule has 1 aliphatic heterocycles. The number of amides is 1. The minimum absolute atomic E-state index is 0. The van der Waals surface area contributed by atoms with Gasteiger partial charge in [0.2, 0.25) is 5.91 Å². The van der Waals surface area contributed by atoms with E-state index in [2.05, 4.69) is 50.9 Å². The molecule has 1 saturated heterocycles. The second-order valence-corrected chi connectivity index (χ2v) is 6.89. The molecular formula is C20H30IN7O. The Bertz CT molecular complexity index is 821. The normalized spacial score (nSPS) is 14.1. The van der Waals surface area contributed by atoms with E-state index in [1.165, 1.54) is 5.56 Å². The van der Waals surface area contributed by atoms with Crippen molar-refractivity contribution in [3.8, 4) is 0 Å². The van der Waals surface area contributed by atoms with Gasteiger partial charge in [0.15, 0.2) is 5.96 Å². The molecule has 0 aliphatic carbocycles. The van der Waals surface area contributed by atoms with Crippen LogP contribution in [-0.4, -0.2) is 51.7 Å². The van der Waals surface area contributed by atoms with Gasteiger partial charge >= 0.3 is 0 Å². The highest BCUT2D eigenvalue weighted by atomic mass is 127. The molecule has 29 heavy (non-hydrogen) atoms. The van der Waals surface area contributed by atoms with E-state index >= 15 is 0 Å². The van der Waals surface area contributed by atoms with E-state index in [0.717, 1.165) is 49.8 Å². The molecule has 8 nitrogen and oxygen atoms in total. The van der Waals surface area contributed by atoms with Crippen LogP contribution in [0.2, 0.25) is 0 Å². The number of aliphatic imine (C=N–C) groups is 1. The summed E-state index contributed by atoms with van der Waals surface area (Å²) < 4.78 is 2.05. The standard InChI is InChI=1S/C20H29N7O.HI/c1-3-18-25-24-15-27(18)11-9-22-20(21-2)23-13-16-6-4-7-17(12-16)14-26-10-5-8-19(26)28;/h4,6-7,12,15H,3,5,8-11,13-14H2,1-2H3,(H2,21,22,23);1H. The van der Waals surface area contributed by atoms with Crippen molar-refractivity contribution in [3.05, 3.63) is 47.5 Å². The molecule has 3 rings (SSSR count). The van der Waals surface area contributed by atoms with Gasteiger partial charge in [-0.05, 0) is 17.5 Å². The number of hydrogen-bond donors (Lipinski definition) is 2. The number of rotatable bonds is 8. The predicted octanol–water partition coefficient (Wildman–Crippen LogP) is 1.95. The van der Waals surface area contributed by atoms with Gasteiger partial charge < -0.3 is 20.1 Å². The molecule has 0 spiro atoms. The van der Waals surface area contributed by atoms with Crippen molar-refractivity contribution in [3.63, 3.8) is 0 Å². The van der Waals surface area contributed by atoms with Crippen LogP contribution in [0.3, 0.4) is 0 Å². The van der Waals surface area contributed by atoms with Crippen LogP contribution in [0.25, 0.3) is 0 Å². The Hall–Kier alpha value is -2.17. The third-order valence-corrected chi connectivity index (χ3v) is 4.88. The van der Waals surface area contributed by atoms with Crippen LogP contribution < -0.4 is 10.6 Å². The monoisotopic (exact) mass is 511 g/mol. The Morgan fingerprint density at radius 3 is 2.83 bits per heavy atom. The van der Waals surface area contributed by atoms with Crippen LogP contribution in [0.4, 0.5) is 0 Å². The van der Waals surface area contributed by atoms with Gasteiger partial charge in [-0.1, -0.05) is 31.2 Å². The van der Waals surface area contributed by atoms with Gasteiger partial charge in [0.25, 0.3) is 0 Å². The number of nitrogens with one attached hydrogen (secondary N) is 2. The fourth-order valence-electron chi connectivity index (χ4n) is 3.37. The lowest BCUT2D eigenvalue weighted by Gasteiger charge is -2.16. The molecule has 1 amide bonds. The number of aryl methyl sites for hydroxylation is 1. The lowest BCUT2D eigenvalue weighted by molar-refractivity contribution is -0.128. The molecule has 0 radical (unpaired) electrons. The van der Waals surface area contributed by atoms with Crippen molar-refractivity contribution in [2.45, 2.75) is 45.8 Å². The number of nitrogens with zero attached hydrogens (tertiary/aromatic N) is 5. The summed E-state index contributed by atoms with van der Waals surface area (Å²) in [5, 5.41) is 14.7. The topological polar surface area (TPSA) is 87.4 Å². The van der Waals surface area contributed by atoms with Crippen LogP contribution in [0.1, 0.15) is 36.7 Å². The first-order valence-corrected chi connectivity index (χ1v) is 9.86. The Morgan fingerprint density at radius 1 is 1.28 bits per heavy atom. The Balaban J connectivity index is 0.00000300. The molecule has 158 valence electrons. The molecule has 1 aliphatic rings. The molecular weight excluding hydrogens is 481 g/mol. The van der Waals surface area contributed by atoms with Crippen LogP contribution in [-0.2, 0) is 30.8 Å². The summed E-state index contributed by atoms with van der Waals surface area (Å²) in [7, 11) is 1.76. The average Bonchev–Trinajstić information content (AvgIpc) is 3.33. The number of likely N-dealkylation sites (tertiary alicyclic amines) is 1. The summed E-state index contributed by atoms with van der Waals surface area (Å²) in [5.74, 6) is 2.00. The predicted molar refractivity (Wildman–Crippen MR) is 124 cm³/mol. The first-order chi connectivity index (χ1) is 13.7. The van der Waals surface area contributed by atoms with Crippen molar-refractivity contribution in [1.29, 1.82) is 0 Å². The van der Waals surface area contributed by atoms with Crippen molar-refractivity contribution < 1.29 is 4.79 Å². The first kappa shape index (κ1) is 23.1. The molecule has 1 aromatic heterocycles. The average molecular weight is 511 g/mol. The molecule has 2 heterocycles. The van der Waals surface area contributed by atoms with Gasteiger partial charge in [-0.3, -0.25) is 9.79 Å². The number of benzene rings is 1. The largest absolute Gasteiger partial charge is 0.355 e. The Kier molecular flexibility index (Phi) is 9.36. The highest BCUT2D eigenvalue weighted by Crippen LogP contribution is 2.15. The zero-order valence-corrected chi connectivity index (χ0v) is 19.4. The van der Waals surface area contributed by atoms with Crippen molar-refractivity contribution in [2.75, 3.05) is 20.1 Å². The van der Waals surface area contributed by atoms with Gasteiger partial charge in [-0.15, -0.1) is 34.2 Å². The Morgan fingerprint density at radius 2 is 2.10 bits per heavy atom. The number of carbonyl (C=O) groups excluding carboxylic acids is 1. The zero-order chi connectivity index (χ0) is 19.8. The molecule has 0 unspecified atom stereocenters. The maximum absolute atomic E-state index is 11.8. The van der Waals surface area contributed by atoms with E-state index in [1.807, 2.05) is 15.5 Å². The third kappa shape index (κ3) is 6.69. The SMILES string of the molecule is CCc1nncn1CCNC(=NC)NCc1cccc(CN2CCCC2=O)c1.I. The zero-order valence-electron chi connectivity index (χ0n) is 17.1. The smallest absolute Gasteiger partial charge is 0.222 e. The van der Waals surface area contributed by atoms with Gasteiger partial charge in [-0.25, -0.2) is 0 Å². The second kappa shape index (κ2) is 11.7. The molecule has 9 heteroatoms. The van der Waals surface area contributed by atoms with E-state index in [-0.39, 0.29) is 29.9 Å². The van der Waals surface area contributed by atoms with Gasteiger partial charge in [-0.2, -0.15) is 0 Å². The van der Waals surface area contributed by atoms with Gasteiger partial charge in [0.05, 0.1) is 0 Å². The molecule has 0 saturated carbocycles. The molecule has 0 atom stereocenters. The highest BCUT2D eigenvalue weighted by Gasteiger charge is 2.19. The fraction of sp³-hybridized carbons (Fsp3) is 0.500. The number of hydrogen-bond acceptors (Lipinski definition) is 4. The van der Waals surface area contributed by atoms with Crippen molar-refractivity contribution in [1.82, 2.24) is 30.3 Å². The fourth-order valence-corrected chi connectivity index (χ4v) is 3.37. The van der Waals surface area contributed by atoms with E-state index in [1.54, 1.807) is 13.4 Å². The van der Waals surface area contributed by atoms with E-state index in [0.29, 0.717) is 19.5 Å². The molecule has 1 fully saturated rings. The number of aromatic nitrogens is 3. The van der Waals surface area contributed by atoms with Crippen LogP contribution in [0.15, 0.2) is 35.6 Å². The molecule has 2 aromatic rings. The van der Waals surface area contributed by atoms with Gasteiger partial charge in [0, 0.05) is 52.6 Å². The summed E-state index contributed by atoms with van der Waals surface area (Å²) >= 11 is 0. The molecule has 1 aromatic carbocycles. The van der Waals surface area contributed by atoms with E-state index in [4.69, 9.17) is 0 Å². The first-order valence-electron chi connectivity index (χ1n) is 9.86. The van der Waals surface area contributed by atoms with Crippen molar-refractivity contribution in [2.24, 2.45) is 4.99 Å². The lowest BCUT2D eigenvalue weighted by Crippen LogP contribution is -2.38. The van der Waals surface area contributed by atoms with Crippen LogP contribution in [0.5, 0.6) is 0 Å². The van der Waals surface area contributed by atoms with Crippen LogP contribution in [0, 0.1) is 0 Å². The number of guanidine groups is 1. The lowest BCUT2D eigenvalue weighted by atomic mass is 10.1. The molecule has 0 bridgehead atoms. The summed E-state index contributed by atoms with van der Waals surface area (Å²) in [6.45, 7) is 5.83. The third-order valence-electron chi connectivity index (χ3n) is 4.88. The van der Waals surface area contributed by atoms with E-state index in [9.17, 15) is 4.79 Å². The highest BCUT2D eigenvalue weighted by molar-refractivity contribution is 14.0. The van der Waals surface area contributed by atoms with Gasteiger partial charge in [0.1, 0.15) is 12.2 Å². The molecule has 2 N–H and O–H groups in total. The number of carbonyl (C=O) groups is 1. The summed E-state index contributed by atoms with van der Waals surface area (Å²) in [5.41, 5.74) is 2.33. The van der Waals surface area contributed by atoms with Crippen LogP contribution >= 0.6 is 24.0 Å². The summed E-state index contributed by atoms with van der Waals surface area (Å²) in [6, 6.07) is 8.35. The van der Waals surface area contributed by atoms with E-state index < -0.39 is 0 Å². The summed E-state index contributed by atoms with van der Waals surface area (Å²) in [6.07, 6.45) is 4.27. The maximum Gasteiger partial charge on any atom is 0.222 e. The van der Waals surface area contributed by atoms with Crippen molar-refractivity contribution >= 4 is 35.8 Å². The minimum atomic E-state index is 0. The minimum Gasteiger partial charge on any atom is -0.355 e. The second-order valence-electron chi connectivity index (χ2n) is 6.89. The summed E-state index contributed by atoms with van der Waals surface area (Å²) in [4.78, 5) is 18.0. The number of halogens is 1.